The Balaban J connectivity index is 1.95. The normalized spacial score (nSPS) is 13.1. The highest BCUT2D eigenvalue weighted by molar-refractivity contribution is 6.14. The molecule has 0 radical (unpaired) electrons. The quantitative estimate of drug-likeness (QED) is 0.651. The first-order chi connectivity index (χ1) is 13.5. The summed E-state index contributed by atoms with van der Waals surface area (Å²) in [5.41, 5.74) is 3.06. The lowest BCUT2D eigenvalue weighted by atomic mass is 10.0. The summed E-state index contributed by atoms with van der Waals surface area (Å²) in [7, 11) is 0. The monoisotopic (exact) mass is 378 g/mol. The minimum atomic E-state index is -3.50. The summed E-state index contributed by atoms with van der Waals surface area (Å²) in [6, 6.07) is 10.8. The third-order valence-electron chi connectivity index (χ3n) is 4.44. The molecule has 1 aromatic carbocycles. The number of aromatic nitrogens is 3. The second kappa shape index (κ2) is 6.98. The van der Waals surface area contributed by atoms with E-state index in [-0.39, 0.29) is 18.8 Å². The van der Waals surface area contributed by atoms with Crippen molar-refractivity contribution in [2.45, 2.75) is 19.6 Å². The summed E-state index contributed by atoms with van der Waals surface area (Å²) < 4.78 is 35.1. The number of hydrogen-bond acceptors (Lipinski definition) is 4. The summed E-state index contributed by atoms with van der Waals surface area (Å²) in [4.78, 5) is 12.9. The largest absolute Gasteiger partial charge is 0.401 e. The van der Waals surface area contributed by atoms with Crippen LogP contribution in [0.15, 0.2) is 53.9 Å². The van der Waals surface area contributed by atoms with Crippen molar-refractivity contribution in [3.8, 4) is 18.0 Å². The van der Waals surface area contributed by atoms with Gasteiger partial charge in [0.25, 0.3) is 0 Å². The van der Waals surface area contributed by atoms with Gasteiger partial charge in [-0.2, -0.15) is 8.78 Å². The van der Waals surface area contributed by atoms with E-state index in [4.69, 9.17) is 6.42 Å². The molecule has 7 heteroatoms. The number of fused-ring (bicyclic) bond motifs is 3. The van der Waals surface area contributed by atoms with Crippen molar-refractivity contribution in [2.24, 2.45) is 4.99 Å². The molecule has 0 amide bonds. The Morgan fingerprint density at radius 1 is 1.25 bits per heavy atom. The smallest absolute Gasteiger partial charge is 0.316 e. The van der Waals surface area contributed by atoms with E-state index in [1.165, 1.54) is 13.3 Å². The number of aliphatic imine (C=N–C) groups is 1. The van der Waals surface area contributed by atoms with E-state index < -0.39 is 11.8 Å². The summed E-state index contributed by atoms with van der Waals surface area (Å²) in [6.45, 7) is 1.38. The summed E-state index contributed by atoms with van der Waals surface area (Å²) in [5, 5.41) is 0. The number of nitrogens with zero attached hydrogens (tertiary/aromatic N) is 4. The maximum absolute atomic E-state index is 14.4. The second-order valence-corrected chi connectivity index (χ2v) is 6.12. The zero-order chi connectivity index (χ0) is 19.7. The Morgan fingerprint density at radius 2 is 2.11 bits per heavy atom. The summed E-state index contributed by atoms with van der Waals surface area (Å²) in [6.07, 6.45) is 5.07. The van der Waals surface area contributed by atoms with Crippen LogP contribution in [0.4, 0.5) is 8.78 Å². The van der Waals surface area contributed by atoms with Gasteiger partial charge < -0.3 is 9.30 Å². The van der Waals surface area contributed by atoms with Gasteiger partial charge in [-0.1, -0.05) is 12.0 Å². The molecule has 1 aliphatic rings. The Kier molecular flexibility index (Phi) is 4.49. The van der Waals surface area contributed by atoms with Gasteiger partial charge in [0.05, 0.1) is 35.9 Å². The van der Waals surface area contributed by atoms with Crippen molar-refractivity contribution >= 4 is 5.71 Å². The van der Waals surface area contributed by atoms with Gasteiger partial charge in [0.15, 0.2) is 5.69 Å². The van der Waals surface area contributed by atoms with Gasteiger partial charge in [-0.05, 0) is 37.3 Å². The fourth-order valence-corrected chi connectivity index (χ4v) is 3.21. The van der Waals surface area contributed by atoms with Crippen molar-refractivity contribution < 1.29 is 13.5 Å². The van der Waals surface area contributed by atoms with E-state index >= 15 is 0 Å². The van der Waals surface area contributed by atoms with E-state index in [0.29, 0.717) is 28.2 Å². The average molecular weight is 378 g/mol. The number of benzene rings is 1. The van der Waals surface area contributed by atoms with Crippen LogP contribution >= 0.6 is 0 Å². The van der Waals surface area contributed by atoms with Crippen LogP contribution in [0.25, 0.3) is 5.69 Å². The molecule has 0 N–H and O–H groups in total. The molecule has 4 rings (SSSR count). The Morgan fingerprint density at radius 3 is 2.82 bits per heavy atom. The molecular weight excluding hydrogens is 362 g/mol. The standard InChI is InChI=1S/C21H16F2N4O/c1-3-14-8-9-17-15(11-14)19(16-7-5-6-10-24-16)25-12-18-20(26-13-27(17)18)21(22,23)28-4-2/h1,5-11,13H,4,12H2,2H3. The second-order valence-electron chi connectivity index (χ2n) is 6.12. The van der Waals surface area contributed by atoms with Crippen LogP contribution in [0.3, 0.4) is 0 Å². The van der Waals surface area contributed by atoms with Crippen LogP contribution in [-0.2, 0) is 17.4 Å². The number of rotatable bonds is 4. The zero-order valence-electron chi connectivity index (χ0n) is 15.1. The molecule has 5 nitrogen and oxygen atoms in total. The molecule has 140 valence electrons. The Labute approximate surface area is 160 Å². The van der Waals surface area contributed by atoms with E-state index in [2.05, 4.69) is 25.6 Å². The number of ether oxygens (including phenoxy) is 1. The number of hydrogen-bond donors (Lipinski definition) is 0. The van der Waals surface area contributed by atoms with Gasteiger partial charge in [0.2, 0.25) is 0 Å². The molecule has 0 bridgehead atoms. The van der Waals surface area contributed by atoms with E-state index in [1.807, 2.05) is 12.1 Å². The van der Waals surface area contributed by atoms with Crippen LogP contribution in [0, 0.1) is 12.3 Å². The first kappa shape index (κ1) is 18.0. The van der Waals surface area contributed by atoms with E-state index in [1.54, 1.807) is 35.0 Å². The van der Waals surface area contributed by atoms with Crippen molar-refractivity contribution in [1.82, 2.24) is 14.5 Å². The van der Waals surface area contributed by atoms with Crippen LogP contribution < -0.4 is 0 Å². The fraction of sp³-hybridized carbons (Fsp3) is 0.190. The maximum Gasteiger partial charge on any atom is 0.401 e. The molecule has 3 aromatic rings. The molecule has 0 unspecified atom stereocenters. The van der Waals surface area contributed by atoms with Crippen molar-refractivity contribution in [1.29, 1.82) is 0 Å². The van der Waals surface area contributed by atoms with Crippen molar-refractivity contribution in [2.75, 3.05) is 6.61 Å². The maximum atomic E-state index is 14.4. The van der Waals surface area contributed by atoms with Crippen molar-refractivity contribution in [3.63, 3.8) is 0 Å². The number of pyridine rings is 1. The lowest BCUT2D eigenvalue weighted by molar-refractivity contribution is -0.248. The highest BCUT2D eigenvalue weighted by Gasteiger charge is 2.39. The fourth-order valence-electron chi connectivity index (χ4n) is 3.21. The lowest BCUT2D eigenvalue weighted by Crippen LogP contribution is -2.21. The molecule has 28 heavy (non-hydrogen) atoms. The Hall–Kier alpha value is -3.37. The van der Waals surface area contributed by atoms with Gasteiger partial charge in [-0.15, -0.1) is 6.42 Å². The molecule has 1 aliphatic heterocycles. The van der Waals surface area contributed by atoms with Gasteiger partial charge in [0, 0.05) is 17.3 Å². The number of halogens is 2. The van der Waals surface area contributed by atoms with Gasteiger partial charge in [-0.3, -0.25) is 9.98 Å². The average Bonchev–Trinajstić information content (AvgIpc) is 3.07. The number of alkyl halides is 2. The number of imidazole rings is 1. The molecule has 0 saturated carbocycles. The van der Waals surface area contributed by atoms with Gasteiger partial charge in [-0.25, -0.2) is 4.98 Å². The van der Waals surface area contributed by atoms with Gasteiger partial charge >= 0.3 is 6.11 Å². The zero-order valence-corrected chi connectivity index (χ0v) is 15.1. The van der Waals surface area contributed by atoms with E-state index in [0.717, 1.165) is 0 Å². The highest BCUT2D eigenvalue weighted by Crippen LogP contribution is 2.34. The third kappa shape index (κ3) is 2.98. The molecule has 0 saturated heterocycles. The summed E-state index contributed by atoms with van der Waals surface area (Å²) >= 11 is 0. The predicted molar refractivity (Wildman–Crippen MR) is 101 cm³/mol. The molecule has 0 aliphatic carbocycles. The van der Waals surface area contributed by atoms with Crippen LogP contribution in [-0.4, -0.2) is 26.9 Å². The summed E-state index contributed by atoms with van der Waals surface area (Å²) in [5.74, 6) is 2.60. The van der Waals surface area contributed by atoms with Crippen LogP contribution in [0.2, 0.25) is 0 Å². The molecule has 2 aromatic heterocycles. The highest BCUT2D eigenvalue weighted by atomic mass is 19.3. The SMILES string of the molecule is C#Cc1ccc2c(c1)C(c1ccccn1)=NCc1c(C(F)(F)OCC)ncn1-2. The molecular formula is C21H16F2N4O. The molecule has 0 spiro atoms. The first-order valence-corrected chi connectivity index (χ1v) is 8.71. The first-order valence-electron chi connectivity index (χ1n) is 8.71. The Bertz CT molecular complexity index is 1100. The third-order valence-corrected chi connectivity index (χ3v) is 4.44. The predicted octanol–water partition coefficient (Wildman–Crippen LogP) is 3.69. The molecule has 0 fully saturated rings. The lowest BCUT2D eigenvalue weighted by Gasteiger charge is -2.15. The number of terminal acetylenes is 1. The van der Waals surface area contributed by atoms with Gasteiger partial charge in [0.1, 0.15) is 6.33 Å². The minimum absolute atomic E-state index is 0.00394. The van der Waals surface area contributed by atoms with E-state index in [9.17, 15) is 8.78 Å². The van der Waals surface area contributed by atoms with Crippen LogP contribution in [0.1, 0.15) is 35.1 Å². The van der Waals surface area contributed by atoms with Crippen molar-refractivity contribution in [3.05, 3.63) is 77.1 Å². The minimum Gasteiger partial charge on any atom is -0.316 e. The molecule has 0 atom stereocenters. The van der Waals surface area contributed by atoms with Crippen LogP contribution in [0.5, 0.6) is 0 Å². The topological polar surface area (TPSA) is 52.3 Å². The molecule has 3 heterocycles.